The van der Waals surface area contributed by atoms with E-state index in [9.17, 15) is 13.2 Å². The van der Waals surface area contributed by atoms with Crippen LogP contribution < -0.4 is 10.2 Å². The largest absolute Gasteiger partial charge is 0.488 e. The maximum Gasteiger partial charge on any atom is 0.488 e. The van der Waals surface area contributed by atoms with Gasteiger partial charge in [0.05, 0.1) is 5.56 Å². The molecule has 0 bridgehead atoms. The fourth-order valence-electron chi connectivity index (χ4n) is 1.84. The Bertz CT molecular complexity index is 645. The molecule has 22 heavy (non-hydrogen) atoms. The summed E-state index contributed by atoms with van der Waals surface area (Å²) in [7, 11) is -1.60. The second-order valence-corrected chi connectivity index (χ2v) is 5.26. The van der Waals surface area contributed by atoms with Crippen molar-refractivity contribution in [1.82, 2.24) is 0 Å². The van der Waals surface area contributed by atoms with Crippen LogP contribution in [0, 0.1) is 0 Å². The van der Waals surface area contributed by atoms with Crippen LogP contribution in [0.5, 0.6) is 11.5 Å². The quantitative estimate of drug-likeness (QED) is 0.453. The molecular formula is C14H11BF3IO3. The number of ether oxygens (including phenoxy) is 1. The first-order valence-electron chi connectivity index (χ1n) is 6.21. The second kappa shape index (κ2) is 6.88. The summed E-state index contributed by atoms with van der Waals surface area (Å²) in [6, 6.07) is 9.56. The maximum atomic E-state index is 13.0. The molecule has 2 N–H and O–H groups in total. The van der Waals surface area contributed by atoms with Gasteiger partial charge in [0.2, 0.25) is 0 Å². The van der Waals surface area contributed by atoms with Gasteiger partial charge in [-0.25, -0.2) is 0 Å². The van der Waals surface area contributed by atoms with Gasteiger partial charge in [0.15, 0.2) is 0 Å². The first-order valence-corrected chi connectivity index (χ1v) is 7.74. The van der Waals surface area contributed by atoms with Crippen molar-refractivity contribution in [3.63, 3.8) is 0 Å². The molecule has 0 spiro atoms. The monoisotopic (exact) mass is 422 g/mol. The Morgan fingerprint density at radius 2 is 1.59 bits per heavy atom. The third-order valence-electron chi connectivity index (χ3n) is 2.94. The lowest BCUT2D eigenvalue weighted by Crippen LogP contribution is -2.29. The topological polar surface area (TPSA) is 49.7 Å². The summed E-state index contributed by atoms with van der Waals surface area (Å²) in [5.41, 5.74) is -0.260. The number of hydrogen-bond donors (Lipinski definition) is 2. The van der Waals surface area contributed by atoms with Crippen molar-refractivity contribution >= 4 is 35.2 Å². The first-order chi connectivity index (χ1) is 10.3. The highest BCUT2D eigenvalue weighted by Gasteiger charge is 2.33. The maximum absolute atomic E-state index is 13.0. The predicted molar refractivity (Wildman–Crippen MR) is 85.5 cm³/mol. The Kier molecular flexibility index (Phi) is 5.35. The van der Waals surface area contributed by atoms with E-state index in [-0.39, 0.29) is 21.2 Å². The van der Waals surface area contributed by atoms with E-state index in [0.29, 0.717) is 5.75 Å². The molecule has 0 aliphatic carbocycles. The molecule has 0 saturated heterocycles. The lowest BCUT2D eigenvalue weighted by molar-refractivity contribution is -0.138. The van der Waals surface area contributed by atoms with Crippen molar-refractivity contribution in [3.05, 3.63) is 53.6 Å². The molecule has 0 fully saturated rings. The summed E-state index contributed by atoms with van der Waals surface area (Å²) in [6.45, 7) is 0. The lowest BCUT2D eigenvalue weighted by atomic mass is 9.80. The molecule has 0 aromatic heterocycles. The minimum absolute atomic E-state index is 0.0678. The van der Waals surface area contributed by atoms with Crippen LogP contribution in [0.2, 0.25) is 0 Å². The van der Waals surface area contributed by atoms with Crippen molar-refractivity contribution < 1.29 is 28.0 Å². The van der Waals surface area contributed by atoms with E-state index in [1.807, 2.05) is 22.6 Å². The van der Waals surface area contributed by atoms with Crippen LogP contribution in [0.25, 0.3) is 0 Å². The number of halogens is 4. The molecule has 0 unspecified atom stereocenters. The second-order valence-electron chi connectivity index (χ2n) is 4.50. The molecule has 0 atom stereocenters. The zero-order chi connectivity index (χ0) is 16.3. The van der Waals surface area contributed by atoms with Gasteiger partial charge in [0.1, 0.15) is 11.5 Å². The number of rotatable bonds is 4. The summed E-state index contributed by atoms with van der Waals surface area (Å²) >= 11 is 1.88. The third-order valence-corrected chi connectivity index (χ3v) is 3.77. The zero-order valence-electron chi connectivity index (χ0n) is 11.1. The van der Waals surface area contributed by atoms with E-state index < -0.39 is 18.9 Å². The highest BCUT2D eigenvalue weighted by Crippen LogP contribution is 2.36. The predicted octanol–water partition coefficient (Wildman–Crippen LogP) is 3.11. The summed E-state index contributed by atoms with van der Waals surface area (Å²) in [5.74, 6) is 0.373. The van der Waals surface area contributed by atoms with Crippen molar-refractivity contribution in [1.29, 1.82) is 0 Å². The molecule has 116 valence electrons. The Balaban J connectivity index is 2.26. The smallest absolute Gasteiger partial charge is 0.457 e. The number of alkyl halides is 4. The average molecular weight is 422 g/mol. The van der Waals surface area contributed by atoms with Gasteiger partial charge in [-0.3, -0.25) is 0 Å². The fraction of sp³-hybridized carbons (Fsp3) is 0.143. The van der Waals surface area contributed by atoms with Crippen LogP contribution >= 0.6 is 22.6 Å². The molecule has 2 aromatic rings. The minimum atomic E-state index is -4.44. The SMILES string of the molecule is OB(O)c1ccc(Oc2ccc(CI)c(C(F)(F)F)c2)cc1. The standard InChI is InChI=1S/C14H11BF3IO3/c16-14(17,18)13-7-12(4-1-9(13)8-19)22-11-5-2-10(3-6-11)15(20)21/h1-7,20-21H,8H2. The molecule has 2 rings (SSSR count). The number of benzene rings is 2. The van der Waals surface area contributed by atoms with Crippen molar-refractivity contribution in [2.24, 2.45) is 0 Å². The summed E-state index contributed by atoms with van der Waals surface area (Å²) < 4.78 is 44.6. The first kappa shape index (κ1) is 17.1. The molecule has 0 radical (unpaired) electrons. The van der Waals surface area contributed by atoms with Gasteiger partial charge in [0.25, 0.3) is 0 Å². The zero-order valence-corrected chi connectivity index (χ0v) is 13.3. The van der Waals surface area contributed by atoms with Crippen molar-refractivity contribution in [2.45, 2.75) is 10.6 Å². The van der Waals surface area contributed by atoms with Gasteiger partial charge in [-0.1, -0.05) is 40.8 Å². The fourth-order valence-corrected chi connectivity index (χ4v) is 2.51. The number of hydrogen-bond acceptors (Lipinski definition) is 3. The van der Waals surface area contributed by atoms with E-state index in [2.05, 4.69) is 0 Å². The Morgan fingerprint density at radius 1 is 1.00 bits per heavy atom. The van der Waals surface area contributed by atoms with E-state index >= 15 is 0 Å². The van der Waals surface area contributed by atoms with Crippen LogP contribution in [-0.4, -0.2) is 17.2 Å². The third kappa shape index (κ3) is 4.14. The lowest BCUT2D eigenvalue weighted by Gasteiger charge is -2.14. The van der Waals surface area contributed by atoms with E-state index in [0.717, 1.165) is 6.07 Å². The van der Waals surface area contributed by atoms with Crippen molar-refractivity contribution in [3.8, 4) is 11.5 Å². The molecular weight excluding hydrogens is 411 g/mol. The summed E-state index contributed by atoms with van der Waals surface area (Å²) in [4.78, 5) is 0. The molecule has 0 amide bonds. The molecule has 2 aromatic carbocycles. The van der Waals surface area contributed by atoms with Crippen LogP contribution in [-0.2, 0) is 10.6 Å². The highest BCUT2D eigenvalue weighted by molar-refractivity contribution is 14.1. The molecule has 0 heterocycles. The Morgan fingerprint density at radius 3 is 2.09 bits per heavy atom. The van der Waals surface area contributed by atoms with Gasteiger partial charge in [-0.2, -0.15) is 13.2 Å². The Labute approximate surface area is 139 Å². The molecule has 0 saturated carbocycles. The van der Waals surface area contributed by atoms with Crippen molar-refractivity contribution in [2.75, 3.05) is 0 Å². The van der Waals surface area contributed by atoms with Gasteiger partial charge in [0, 0.05) is 4.43 Å². The van der Waals surface area contributed by atoms with E-state index in [4.69, 9.17) is 14.8 Å². The molecule has 0 aliphatic heterocycles. The average Bonchev–Trinajstić information content (AvgIpc) is 2.47. The van der Waals surface area contributed by atoms with Gasteiger partial charge >= 0.3 is 13.3 Å². The van der Waals surface area contributed by atoms with Gasteiger partial charge in [-0.05, 0) is 35.3 Å². The summed E-state index contributed by atoms with van der Waals surface area (Å²) in [6.07, 6.45) is -4.44. The van der Waals surface area contributed by atoms with Gasteiger partial charge in [-0.15, -0.1) is 0 Å². The van der Waals surface area contributed by atoms with Crippen LogP contribution in [0.4, 0.5) is 13.2 Å². The molecule has 0 aliphatic rings. The van der Waals surface area contributed by atoms with Crippen LogP contribution in [0.1, 0.15) is 11.1 Å². The summed E-state index contributed by atoms with van der Waals surface area (Å²) in [5, 5.41) is 18.0. The van der Waals surface area contributed by atoms with Crippen LogP contribution in [0.15, 0.2) is 42.5 Å². The highest BCUT2D eigenvalue weighted by atomic mass is 127. The van der Waals surface area contributed by atoms with E-state index in [1.165, 1.54) is 36.4 Å². The minimum Gasteiger partial charge on any atom is -0.457 e. The van der Waals surface area contributed by atoms with E-state index in [1.54, 1.807) is 0 Å². The molecule has 8 heteroatoms. The van der Waals surface area contributed by atoms with Gasteiger partial charge < -0.3 is 14.8 Å². The van der Waals surface area contributed by atoms with Crippen LogP contribution in [0.3, 0.4) is 0 Å². The molecule has 3 nitrogen and oxygen atoms in total. The normalized spacial score (nSPS) is 11.4. The Hall–Kier alpha value is -1.26.